The molecule has 0 spiro atoms. The van der Waals surface area contributed by atoms with Crippen LogP contribution in [0.4, 0.5) is 0 Å². The first-order valence-electron chi connectivity index (χ1n) is 6.54. The Bertz CT molecular complexity index is 287. The minimum absolute atomic E-state index is 0.678. The van der Waals surface area contributed by atoms with Crippen LogP contribution in [0.5, 0.6) is 0 Å². The molecule has 0 bridgehead atoms. The van der Waals surface area contributed by atoms with Crippen molar-refractivity contribution in [3.63, 3.8) is 0 Å². The SMILES string of the molecule is CCC(C)N(C)CCNCCc1ccncc1. The molecular weight excluding hydrogens is 210 g/mol. The van der Waals surface area contributed by atoms with Gasteiger partial charge in [0.2, 0.25) is 0 Å². The minimum atomic E-state index is 0.678. The number of pyridine rings is 1. The van der Waals surface area contributed by atoms with Gasteiger partial charge in [0.1, 0.15) is 0 Å². The molecule has 0 saturated heterocycles. The standard InChI is InChI=1S/C14H25N3/c1-4-13(2)17(3)12-11-16-10-7-14-5-8-15-9-6-14/h5-6,8-9,13,16H,4,7,10-12H2,1-3H3. The Balaban J connectivity index is 2.05. The third-order valence-corrected chi connectivity index (χ3v) is 3.32. The summed E-state index contributed by atoms with van der Waals surface area (Å²) in [5.74, 6) is 0. The van der Waals surface area contributed by atoms with Crippen LogP contribution in [0.15, 0.2) is 24.5 Å². The van der Waals surface area contributed by atoms with E-state index in [9.17, 15) is 0 Å². The van der Waals surface area contributed by atoms with Crippen LogP contribution >= 0.6 is 0 Å². The first kappa shape index (κ1) is 14.1. The number of aromatic nitrogens is 1. The molecule has 0 saturated carbocycles. The smallest absolute Gasteiger partial charge is 0.0270 e. The van der Waals surface area contributed by atoms with Crippen molar-refractivity contribution in [2.75, 3.05) is 26.7 Å². The van der Waals surface area contributed by atoms with Crippen molar-refractivity contribution >= 4 is 0 Å². The number of nitrogens with one attached hydrogen (secondary N) is 1. The Morgan fingerprint density at radius 1 is 1.29 bits per heavy atom. The molecule has 0 amide bonds. The Hall–Kier alpha value is -0.930. The lowest BCUT2D eigenvalue weighted by molar-refractivity contribution is 0.252. The summed E-state index contributed by atoms with van der Waals surface area (Å²) in [5.41, 5.74) is 1.35. The van der Waals surface area contributed by atoms with Gasteiger partial charge < -0.3 is 10.2 Å². The average molecular weight is 235 g/mol. The molecule has 3 nitrogen and oxygen atoms in total. The van der Waals surface area contributed by atoms with Gasteiger partial charge in [0.25, 0.3) is 0 Å². The van der Waals surface area contributed by atoms with Crippen molar-refractivity contribution in [3.05, 3.63) is 30.1 Å². The first-order chi connectivity index (χ1) is 8.24. The zero-order chi connectivity index (χ0) is 12.5. The third kappa shape index (κ3) is 5.80. The molecule has 0 aliphatic rings. The van der Waals surface area contributed by atoms with Crippen LogP contribution in [0.25, 0.3) is 0 Å². The summed E-state index contributed by atoms with van der Waals surface area (Å²) < 4.78 is 0. The lowest BCUT2D eigenvalue weighted by Crippen LogP contribution is -2.35. The summed E-state index contributed by atoms with van der Waals surface area (Å²) >= 11 is 0. The van der Waals surface area contributed by atoms with Crippen LogP contribution < -0.4 is 5.32 Å². The lowest BCUT2D eigenvalue weighted by atomic mass is 10.2. The zero-order valence-corrected chi connectivity index (χ0v) is 11.3. The Kier molecular flexibility index (Phi) is 6.82. The number of nitrogens with zero attached hydrogens (tertiary/aromatic N) is 2. The third-order valence-electron chi connectivity index (χ3n) is 3.32. The number of hydrogen-bond donors (Lipinski definition) is 1. The Morgan fingerprint density at radius 2 is 2.00 bits per heavy atom. The van der Waals surface area contributed by atoms with E-state index in [2.05, 4.69) is 48.2 Å². The van der Waals surface area contributed by atoms with E-state index >= 15 is 0 Å². The maximum atomic E-state index is 4.01. The van der Waals surface area contributed by atoms with E-state index in [-0.39, 0.29) is 0 Å². The molecule has 1 atom stereocenters. The van der Waals surface area contributed by atoms with E-state index in [1.165, 1.54) is 12.0 Å². The molecule has 0 aliphatic carbocycles. The molecule has 1 N–H and O–H groups in total. The van der Waals surface area contributed by atoms with Crippen molar-refractivity contribution in [2.24, 2.45) is 0 Å². The molecule has 0 aromatic carbocycles. The van der Waals surface area contributed by atoms with Gasteiger partial charge in [0, 0.05) is 31.5 Å². The highest BCUT2D eigenvalue weighted by molar-refractivity contribution is 5.09. The van der Waals surface area contributed by atoms with Crippen molar-refractivity contribution in [3.8, 4) is 0 Å². The fourth-order valence-electron chi connectivity index (χ4n) is 1.69. The normalized spacial score (nSPS) is 12.9. The molecule has 0 fully saturated rings. The van der Waals surface area contributed by atoms with Gasteiger partial charge in [-0.1, -0.05) is 6.92 Å². The van der Waals surface area contributed by atoms with Gasteiger partial charge in [-0.05, 0) is 51.1 Å². The van der Waals surface area contributed by atoms with Gasteiger partial charge in [0.05, 0.1) is 0 Å². The maximum absolute atomic E-state index is 4.01. The zero-order valence-electron chi connectivity index (χ0n) is 11.3. The minimum Gasteiger partial charge on any atom is -0.315 e. The van der Waals surface area contributed by atoms with E-state index in [0.717, 1.165) is 26.1 Å². The molecule has 1 aromatic rings. The van der Waals surface area contributed by atoms with Crippen LogP contribution in [-0.4, -0.2) is 42.6 Å². The van der Waals surface area contributed by atoms with Crippen LogP contribution in [0.3, 0.4) is 0 Å². The molecule has 1 aromatic heterocycles. The number of likely N-dealkylation sites (N-methyl/N-ethyl adjacent to an activating group) is 1. The lowest BCUT2D eigenvalue weighted by Gasteiger charge is -2.23. The summed E-state index contributed by atoms with van der Waals surface area (Å²) in [7, 11) is 2.19. The van der Waals surface area contributed by atoms with E-state index in [0.29, 0.717) is 6.04 Å². The van der Waals surface area contributed by atoms with E-state index in [1.807, 2.05) is 12.4 Å². The average Bonchev–Trinajstić information content (AvgIpc) is 2.38. The molecular formula is C14H25N3. The molecule has 3 heteroatoms. The van der Waals surface area contributed by atoms with E-state index < -0.39 is 0 Å². The summed E-state index contributed by atoms with van der Waals surface area (Å²) in [5, 5.41) is 3.48. The Morgan fingerprint density at radius 3 is 2.65 bits per heavy atom. The van der Waals surface area contributed by atoms with Crippen molar-refractivity contribution in [1.29, 1.82) is 0 Å². The molecule has 0 radical (unpaired) electrons. The van der Waals surface area contributed by atoms with Crippen LogP contribution in [0.1, 0.15) is 25.8 Å². The summed E-state index contributed by atoms with van der Waals surface area (Å²) in [6.45, 7) is 7.73. The summed E-state index contributed by atoms with van der Waals surface area (Å²) in [6, 6.07) is 4.83. The second-order valence-corrected chi connectivity index (χ2v) is 4.59. The predicted octanol–water partition coefficient (Wildman–Crippen LogP) is 1.94. The highest BCUT2D eigenvalue weighted by atomic mass is 15.1. The summed E-state index contributed by atoms with van der Waals surface area (Å²) in [6.07, 6.45) is 6.00. The largest absolute Gasteiger partial charge is 0.315 e. The first-order valence-corrected chi connectivity index (χ1v) is 6.54. The fraction of sp³-hybridized carbons (Fsp3) is 0.643. The Labute approximate surface area is 105 Å². The van der Waals surface area contributed by atoms with Crippen molar-refractivity contribution in [2.45, 2.75) is 32.7 Å². The van der Waals surface area contributed by atoms with Crippen LogP contribution in [-0.2, 0) is 6.42 Å². The van der Waals surface area contributed by atoms with Crippen molar-refractivity contribution in [1.82, 2.24) is 15.2 Å². The second kappa shape index (κ2) is 8.20. The van der Waals surface area contributed by atoms with E-state index in [1.54, 1.807) is 0 Å². The molecule has 1 heterocycles. The van der Waals surface area contributed by atoms with E-state index in [4.69, 9.17) is 0 Å². The highest BCUT2D eigenvalue weighted by Crippen LogP contribution is 1.98. The summed E-state index contributed by atoms with van der Waals surface area (Å²) in [4.78, 5) is 6.42. The van der Waals surface area contributed by atoms with Gasteiger partial charge in [-0.2, -0.15) is 0 Å². The maximum Gasteiger partial charge on any atom is 0.0270 e. The fourth-order valence-corrected chi connectivity index (χ4v) is 1.69. The predicted molar refractivity (Wildman–Crippen MR) is 73.2 cm³/mol. The second-order valence-electron chi connectivity index (χ2n) is 4.59. The highest BCUT2D eigenvalue weighted by Gasteiger charge is 2.04. The molecule has 96 valence electrons. The van der Waals surface area contributed by atoms with Gasteiger partial charge in [-0.15, -0.1) is 0 Å². The van der Waals surface area contributed by atoms with Crippen LogP contribution in [0, 0.1) is 0 Å². The molecule has 17 heavy (non-hydrogen) atoms. The number of hydrogen-bond acceptors (Lipinski definition) is 3. The number of rotatable bonds is 8. The van der Waals surface area contributed by atoms with Gasteiger partial charge >= 0.3 is 0 Å². The molecule has 0 aliphatic heterocycles. The van der Waals surface area contributed by atoms with Crippen LogP contribution in [0.2, 0.25) is 0 Å². The molecule has 1 unspecified atom stereocenters. The monoisotopic (exact) mass is 235 g/mol. The topological polar surface area (TPSA) is 28.2 Å². The van der Waals surface area contributed by atoms with Gasteiger partial charge in [0.15, 0.2) is 0 Å². The molecule has 1 rings (SSSR count). The quantitative estimate of drug-likeness (QED) is 0.698. The van der Waals surface area contributed by atoms with Crippen molar-refractivity contribution < 1.29 is 0 Å². The van der Waals surface area contributed by atoms with Gasteiger partial charge in [-0.3, -0.25) is 4.98 Å². The van der Waals surface area contributed by atoms with Gasteiger partial charge in [-0.25, -0.2) is 0 Å².